The zero-order chi connectivity index (χ0) is 16.7. The van der Waals surface area contributed by atoms with Gasteiger partial charge in [-0.15, -0.1) is 0 Å². The minimum absolute atomic E-state index is 0.00646. The number of fused-ring (bicyclic) bond motifs is 2. The number of amides is 1. The number of carbonyl (C=O) groups excluding carboxylic acids is 2. The van der Waals surface area contributed by atoms with Gasteiger partial charge < -0.3 is 9.64 Å². The van der Waals surface area contributed by atoms with Gasteiger partial charge in [0.1, 0.15) is 0 Å². The molecule has 1 spiro atoms. The third-order valence-corrected chi connectivity index (χ3v) is 5.41. The first-order valence-corrected chi connectivity index (χ1v) is 9.05. The zero-order valence-electron chi connectivity index (χ0n) is 13.0. The van der Waals surface area contributed by atoms with Crippen LogP contribution in [0.25, 0.3) is 0 Å². The van der Waals surface area contributed by atoms with Crippen molar-refractivity contribution in [2.75, 3.05) is 13.1 Å². The SMILES string of the molecule is O=C1OC2(CCCN(C(=O)c3cccc(I)c3)C2)c2ccccc21. The van der Waals surface area contributed by atoms with Gasteiger partial charge in [0.2, 0.25) is 0 Å². The molecule has 0 aliphatic carbocycles. The number of hydrogen-bond acceptors (Lipinski definition) is 3. The predicted molar refractivity (Wildman–Crippen MR) is 97.8 cm³/mol. The largest absolute Gasteiger partial charge is 0.449 e. The smallest absolute Gasteiger partial charge is 0.339 e. The molecule has 122 valence electrons. The molecule has 4 rings (SSSR count). The number of hydrogen-bond donors (Lipinski definition) is 0. The van der Waals surface area contributed by atoms with Gasteiger partial charge in [0.25, 0.3) is 5.91 Å². The summed E-state index contributed by atoms with van der Waals surface area (Å²) in [5, 5.41) is 0. The fourth-order valence-electron chi connectivity index (χ4n) is 3.65. The van der Waals surface area contributed by atoms with Crippen molar-refractivity contribution in [3.63, 3.8) is 0 Å². The van der Waals surface area contributed by atoms with E-state index in [0.29, 0.717) is 24.2 Å². The minimum Gasteiger partial charge on any atom is -0.449 e. The van der Waals surface area contributed by atoms with E-state index in [1.165, 1.54) is 0 Å². The molecule has 4 nitrogen and oxygen atoms in total. The van der Waals surface area contributed by atoms with E-state index in [1.54, 1.807) is 6.07 Å². The lowest BCUT2D eigenvalue weighted by Gasteiger charge is -2.39. The highest BCUT2D eigenvalue weighted by Gasteiger charge is 2.48. The summed E-state index contributed by atoms with van der Waals surface area (Å²) in [6.07, 6.45) is 1.57. The van der Waals surface area contributed by atoms with Crippen LogP contribution in [0.2, 0.25) is 0 Å². The van der Waals surface area contributed by atoms with E-state index in [4.69, 9.17) is 4.74 Å². The van der Waals surface area contributed by atoms with Crippen LogP contribution in [0.15, 0.2) is 48.5 Å². The fraction of sp³-hybridized carbons (Fsp3) is 0.263. The van der Waals surface area contributed by atoms with Crippen LogP contribution in [0.5, 0.6) is 0 Å². The van der Waals surface area contributed by atoms with Crippen molar-refractivity contribution in [2.24, 2.45) is 0 Å². The second kappa shape index (κ2) is 5.88. The average Bonchev–Trinajstić information content (AvgIpc) is 2.86. The first kappa shape index (κ1) is 15.6. The molecule has 1 fully saturated rings. The van der Waals surface area contributed by atoms with Gasteiger partial charge in [0, 0.05) is 21.2 Å². The Balaban J connectivity index is 1.65. The quantitative estimate of drug-likeness (QED) is 0.510. The lowest BCUT2D eigenvalue weighted by atomic mass is 9.85. The van der Waals surface area contributed by atoms with E-state index in [-0.39, 0.29) is 11.9 Å². The zero-order valence-corrected chi connectivity index (χ0v) is 15.2. The first-order chi connectivity index (χ1) is 11.6. The van der Waals surface area contributed by atoms with Crippen molar-refractivity contribution >= 4 is 34.5 Å². The molecule has 1 atom stereocenters. The Hall–Kier alpha value is -1.89. The Bertz CT molecular complexity index is 835. The van der Waals surface area contributed by atoms with Crippen molar-refractivity contribution in [1.29, 1.82) is 0 Å². The van der Waals surface area contributed by atoms with Crippen molar-refractivity contribution in [2.45, 2.75) is 18.4 Å². The predicted octanol–water partition coefficient (Wildman–Crippen LogP) is 3.59. The Morgan fingerprint density at radius 3 is 2.83 bits per heavy atom. The summed E-state index contributed by atoms with van der Waals surface area (Å²) in [4.78, 5) is 26.9. The van der Waals surface area contributed by atoms with E-state index in [2.05, 4.69) is 22.6 Å². The topological polar surface area (TPSA) is 46.6 Å². The van der Waals surface area contributed by atoms with Crippen LogP contribution in [0.1, 0.15) is 39.1 Å². The number of halogens is 1. The summed E-state index contributed by atoms with van der Waals surface area (Å²) in [7, 11) is 0. The minimum atomic E-state index is -0.691. The number of ether oxygens (including phenoxy) is 1. The van der Waals surface area contributed by atoms with Crippen LogP contribution in [0.4, 0.5) is 0 Å². The van der Waals surface area contributed by atoms with E-state index in [0.717, 1.165) is 22.0 Å². The molecule has 1 unspecified atom stereocenters. The van der Waals surface area contributed by atoms with Gasteiger partial charge in [0.15, 0.2) is 5.60 Å². The molecule has 0 saturated carbocycles. The fourth-order valence-corrected chi connectivity index (χ4v) is 4.19. The highest BCUT2D eigenvalue weighted by atomic mass is 127. The molecule has 2 heterocycles. The molecular weight excluding hydrogens is 417 g/mol. The highest BCUT2D eigenvalue weighted by Crippen LogP contribution is 2.42. The molecule has 0 bridgehead atoms. The highest BCUT2D eigenvalue weighted by molar-refractivity contribution is 14.1. The van der Waals surface area contributed by atoms with Gasteiger partial charge in [-0.3, -0.25) is 4.79 Å². The van der Waals surface area contributed by atoms with Crippen LogP contribution in [-0.2, 0) is 10.3 Å². The number of benzene rings is 2. The Kier molecular flexibility index (Phi) is 3.83. The van der Waals surface area contributed by atoms with Crippen LogP contribution in [-0.4, -0.2) is 29.9 Å². The standard InChI is InChI=1S/C19H16INO3/c20-14-6-3-5-13(11-14)17(22)21-10-4-9-19(12-21)16-8-2-1-7-15(16)18(23)24-19/h1-3,5-8,11H,4,9-10,12H2. The molecule has 0 aromatic heterocycles. The van der Waals surface area contributed by atoms with Crippen LogP contribution < -0.4 is 0 Å². The van der Waals surface area contributed by atoms with Crippen molar-refractivity contribution in [3.05, 3.63) is 68.8 Å². The average molecular weight is 433 g/mol. The molecule has 1 amide bonds. The molecule has 2 aliphatic rings. The van der Waals surface area contributed by atoms with Gasteiger partial charge in [-0.05, 0) is 59.7 Å². The summed E-state index contributed by atoms with van der Waals surface area (Å²) >= 11 is 2.20. The van der Waals surface area contributed by atoms with Crippen LogP contribution >= 0.6 is 22.6 Å². The third-order valence-electron chi connectivity index (χ3n) is 4.74. The monoisotopic (exact) mass is 433 g/mol. The Morgan fingerprint density at radius 2 is 2.00 bits per heavy atom. The van der Waals surface area contributed by atoms with Gasteiger partial charge in [-0.25, -0.2) is 4.79 Å². The van der Waals surface area contributed by atoms with E-state index < -0.39 is 5.60 Å². The molecular formula is C19H16INO3. The molecule has 2 aliphatic heterocycles. The number of piperidine rings is 1. The third kappa shape index (κ3) is 2.51. The molecule has 1 saturated heterocycles. The molecule has 2 aromatic rings. The van der Waals surface area contributed by atoms with Crippen LogP contribution in [0, 0.1) is 3.57 Å². The summed E-state index contributed by atoms with van der Waals surface area (Å²) in [6, 6.07) is 15.1. The Labute approximate surface area is 153 Å². The Morgan fingerprint density at radius 1 is 1.17 bits per heavy atom. The maximum Gasteiger partial charge on any atom is 0.339 e. The lowest BCUT2D eigenvalue weighted by molar-refractivity contribution is -0.0442. The van der Waals surface area contributed by atoms with E-state index >= 15 is 0 Å². The van der Waals surface area contributed by atoms with Crippen LogP contribution in [0.3, 0.4) is 0 Å². The molecule has 2 aromatic carbocycles. The number of likely N-dealkylation sites (tertiary alicyclic amines) is 1. The molecule has 5 heteroatoms. The van der Waals surface area contributed by atoms with Gasteiger partial charge >= 0.3 is 5.97 Å². The molecule has 24 heavy (non-hydrogen) atoms. The number of carbonyl (C=O) groups is 2. The summed E-state index contributed by atoms with van der Waals surface area (Å²) in [6.45, 7) is 1.10. The maximum atomic E-state index is 12.9. The summed E-state index contributed by atoms with van der Waals surface area (Å²) < 4.78 is 6.80. The van der Waals surface area contributed by atoms with Crippen molar-refractivity contribution in [3.8, 4) is 0 Å². The molecule has 0 radical (unpaired) electrons. The number of rotatable bonds is 1. The van der Waals surface area contributed by atoms with Gasteiger partial charge in [0.05, 0.1) is 12.1 Å². The first-order valence-electron chi connectivity index (χ1n) is 7.97. The second-order valence-electron chi connectivity index (χ2n) is 6.27. The van der Waals surface area contributed by atoms with E-state index in [1.807, 2.05) is 47.4 Å². The number of esters is 1. The second-order valence-corrected chi connectivity index (χ2v) is 7.52. The summed E-state index contributed by atoms with van der Waals surface area (Å²) in [5.41, 5.74) is 1.52. The van der Waals surface area contributed by atoms with Crippen molar-refractivity contribution < 1.29 is 14.3 Å². The normalized spacial score (nSPS) is 22.4. The van der Waals surface area contributed by atoms with Crippen molar-refractivity contribution in [1.82, 2.24) is 4.90 Å². The van der Waals surface area contributed by atoms with Gasteiger partial charge in [-0.1, -0.05) is 24.3 Å². The lowest BCUT2D eigenvalue weighted by Crippen LogP contribution is -2.48. The maximum absolute atomic E-state index is 12.9. The van der Waals surface area contributed by atoms with E-state index in [9.17, 15) is 9.59 Å². The molecule has 0 N–H and O–H groups in total. The van der Waals surface area contributed by atoms with Gasteiger partial charge in [-0.2, -0.15) is 0 Å². The number of nitrogens with zero attached hydrogens (tertiary/aromatic N) is 1. The summed E-state index contributed by atoms with van der Waals surface area (Å²) in [5.74, 6) is -0.290.